The average molecular weight is 410 g/mol. The second kappa shape index (κ2) is 7.31. The van der Waals surface area contributed by atoms with E-state index in [2.05, 4.69) is 75.4 Å². The molecule has 1 amide bonds. The highest BCUT2D eigenvalue weighted by Gasteiger charge is 2.65. The minimum atomic E-state index is -0.287. The van der Waals surface area contributed by atoms with Gasteiger partial charge in [-0.3, -0.25) is 14.7 Å². The number of carbonyl (C=O) groups excluding carboxylic acids is 1. The molecule has 0 unspecified atom stereocenters. The SMILES string of the molecule is O=C1N(Cc2cccnc2)C[C@@H]2C[C@@H](c3ccc(-c4ccccc4)cc3)N3CCC[C@@]123. The second-order valence-electron chi connectivity index (χ2n) is 9.20. The van der Waals surface area contributed by atoms with Crippen LogP contribution in [0.15, 0.2) is 79.1 Å². The number of nitrogens with zero attached hydrogens (tertiary/aromatic N) is 3. The predicted molar refractivity (Wildman–Crippen MR) is 121 cm³/mol. The molecule has 0 N–H and O–H groups in total. The number of amides is 1. The summed E-state index contributed by atoms with van der Waals surface area (Å²) < 4.78 is 0. The summed E-state index contributed by atoms with van der Waals surface area (Å²) in [5, 5.41) is 0. The average Bonchev–Trinajstić information content (AvgIpc) is 3.46. The molecule has 3 aliphatic rings. The molecule has 1 aromatic heterocycles. The van der Waals surface area contributed by atoms with E-state index in [9.17, 15) is 4.79 Å². The van der Waals surface area contributed by atoms with Crippen molar-refractivity contribution in [3.05, 3.63) is 90.3 Å². The van der Waals surface area contributed by atoms with Crippen molar-refractivity contribution in [2.45, 2.75) is 37.4 Å². The van der Waals surface area contributed by atoms with Gasteiger partial charge >= 0.3 is 0 Å². The van der Waals surface area contributed by atoms with Crippen LogP contribution in [0.2, 0.25) is 0 Å². The summed E-state index contributed by atoms with van der Waals surface area (Å²) >= 11 is 0. The van der Waals surface area contributed by atoms with Gasteiger partial charge in [0.15, 0.2) is 0 Å². The first-order chi connectivity index (χ1) is 15.3. The van der Waals surface area contributed by atoms with E-state index in [4.69, 9.17) is 0 Å². The van der Waals surface area contributed by atoms with Gasteiger partial charge in [-0.25, -0.2) is 0 Å². The van der Waals surface area contributed by atoms with Crippen LogP contribution in [0.4, 0.5) is 0 Å². The van der Waals surface area contributed by atoms with Crippen molar-refractivity contribution in [1.29, 1.82) is 0 Å². The Hall–Kier alpha value is -2.98. The van der Waals surface area contributed by atoms with E-state index >= 15 is 0 Å². The topological polar surface area (TPSA) is 36.4 Å². The molecular formula is C27H27N3O. The summed E-state index contributed by atoms with van der Waals surface area (Å²) in [5.74, 6) is 0.750. The largest absolute Gasteiger partial charge is 0.336 e. The Bertz CT molecular complexity index is 1080. The van der Waals surface area contributed by atoms with Crippen molar-refractivity contribution < 1.29 is 4.79 Å². The Kier molecular flexibility index (Phi) is 4.43. The Labute approximate surface area is 183 Å². The molecule has 0 aliphatic carbocycles. The molecule has 4 heterocycles. The van der Waals surface area contributed by atoms with Gasteiger partial charge in [0.05, 0.1) is 0 Å². The lowest BCUT2D eigenvalue weighted by atomic mass is 9.85. The summed E-state index contributed by atoms with van der Waals surface area (Å²) in [7, 11) is 0. The molecule has 3 fully saturated rings. The molecule has 31 heavy (non-hydrogen) atoms. The third kappa shape index (κ3) is 2.93. The summed E-state index contributed by atoms with van der Waals surface area (Å²) in [5.41, 5.74) is 4.67. The molecule has 6 rings (SSSR count). The standard InChI is InChI=1S/C27H27N3O/c31-26-27-13-5-15-30(27)25(16-24(27)19-29(26)18-20-6-4-14-28-17-20)23-11-9-22(10-12-23)21-7-2-1-3-8-21/h1-4,6-12,14,17,24-25H,5,13,15-16,18-19H2/t24-,25-,27-/m0/s1. The number of benzene rings is 2. The van der Waals surface area contributed by atoms with Crippen molar-refractivity contribution in [1.82, 2.24) is 14.8 Å². The fourth-order valence-electron chi connectivity index (χ4n) is 6.27. The molecule has 3 atom stereocenters. The van der Waals surface area contributed by atoms with Crippen molar-refractivity contribution in [3.63, 3.8) is 0 Å². The van der Waals surface area contributed by atoms with Gasteiger partial charge in [0, 0.05) is 37.4 Å². The van der Waals surface area contributed by atoms with E-state index in [1.54, 1.807) is 6.20 Å². The van der Waals surface area contributed by atoms with Gasteiger partial charge in [-0.2, -0.15) is 0 Å². The number of pyridine rings is 1. The van der Waals surface area contributed by atoms with Crippen molar-refractivity contribution in [3.8, 4) is 11.1 Å². The smallest absolute Gasteiger partial charge is 0.243 e. The molecule has 3 aromatic rings. The Balaban J connectivity index is 1.25. The molecule has 3 aliphatic heterocycles. The lowest BCUT2D eigenvalue weighted by Crippen LogP contribution is -2.49. The van der Waals surface area contributed by atoms with Crippen LogP contribution < -0.4 is 0 Å². The molecule has 0 radical (unpaired) electrons. The minimum Gasteiger partial charge on any atom is -0.336 e. The van der Waals surface area contributed by atoms with E-state index in [0.717, 1.165) is 37.9 Å². The fourth-order valence-corrected chi connectivity index (χ4v) is 6.27. The van der Waals surface area contributed by atoms with Gasteiger partial charge in [0.2, 0.25) is 5.91 Å². The molecular weight excluding hydrogens is 382 g/mol. The number of hydrogen-bond acceptors (Lipinski definition) is 3. The van der Waals surface area contributed by atoms with Gasteiger partial charge in [0.25, 0.3) is 0 Å². The van der Waals surface area contributed by atoms with Crippen LogP contribution in [-0.2, 0) is 11.3 Å². The molecule has 3 saturated heterocycles. The Morgan fingerprint density at radius 1 is 0.968 bits per heavy atom. The number of aromatic nitrogens is 1. The van der Waals surface area contributed by atoms with Crippen molar-refractivity contribution in [2.75, 3.05) is 13.1 Å². The quantitative estimate of drug-likeness (QED) is 0.627. The maximum atomic E-state index is 13.7. The van der Waals surface area contributed by atoms with E-state index in [0.29, 0.717) is 24.4 Å². The van der Waals surface area contributed by atoms with Crippen LogP contribution in [0.1, 0.15) is 36.4 Å². The zero-order valence-electron chi connectivity index (χ0n) is 17.7. The molecule has 0 saturated carbocycles. The number of hydrogen-bond donors (Lipinski definition) is 0. The Morgan fingerprint density at radius 3 is 2.55 bits per heavy atom. The highest BCUT2D eigenvalue weighted by atomic mass is 16.2. The summed E-state index contributed by atoms with van der Waals surface area (Å²) in [6.07, 6.45) is 6.85. The van der Waals surface area contributed by atoms with Crippen LogP contribution in [0.25, 0.3) is 11.1 Å². The minimum absolute atomic E-state index is 0.287. The molecule has 1 spiro atoms. The molecule has 4 nitrogen and oxygen atoms in total. The lowest BCUT2D eigenvalue weighted by molar-refractivity contribution is -0.137. The second-order valence-corrected chi connectivity index (χ2v) is 9.20. The Morgan fingerprint density at radius 2 is 1.77 bits per heavy atom. The zero-order valence-corrected chi connectivity index (χ0v) is 17.7. The van der Waals surface area contributed by atoms with Crippen molar-refractivity contribution >= 4 is 5.91 Å². The summed E-state index contributed by atoms with van der Waals surface area (Å²) in [6, 6.07) is 23.9. The molecule has 156 valence electrons. The highest BCUT2D eigenvalue weighted by Crippen LogP contribution is 2.56. The predicted octanol–water partition coefficient (Wildman–Crippen LogP) is 4.69. The van der Waals surface area contributed by atoms with Crippen LogP contribution in [-0.4, -0.2) is 39.3 Å². The first kappa shape index (κ1) is 18.8. The zero-order chi connectivity index (χ0) is 20.8. The van der Waals surface area contributed by atoms with Gasteiger partial charge in [-0.15, -0.1) is 0 Å². The van der Waals surface area contributed by atoms with Crippen molar-refractivity contribution in [2.24, 2.45) is 5.92 Å². The fraction of sp³-hybridized carbons (Fsp3) is 0.333. The van der Waals surface area contributed by atoms with E-state index in [1.165, 1.54) is 16.7 Å². The van der Waals surface area contributed by atoms with Gasteiger partial charge in [-0.05, 0) is 54.1 Å². The summed E-state index contributed by atoms with van der Waals surface area (Å²) in [4.78, 5) is 22.5. The monoisotopic (exact) mass is 409 g/mol. The summed E-state index contributed by atoms with van der Waals surface area (Å²) in [6.45, 7) is 2.56. The normalized spacial score (nSPS) is 27.5. The number of rotatable bonds is 4. The van der Waals surface area contributed by atoms with Crippen LogP contribution in [0.3, 0.4) is 0 Å². The highest BCUT2D eigenvalue weighted by molar-refractivity contribution is 5.90. The number of carbonyl (C=O) groups is 1. The van der Waals surface area contributed by atoms with Crippen LogP contribution >= 0.6 is 0 Å². The van der Waals surface area contributed by atoms with E-state index < -0.39 is 0 Å². The molecule has 2 aromatic carbocycles. The lowest BCUT2D eigenvalue weighted by Gasteiger charge is -2.33. The number of likely N-dealkylation sites (tertiary alicyclic amines) is 1. The third-order valence-corrected chi connectivity index (χ3v) is 7.63. The van der Waals surface area contributed by atoms with E-state index in [-0.39, 0.29) is 5.54 Å². The maximum Gasteiger partial charge on any atom is 0.243 e. The molecule has 0 bridgehead atoms. The maximum absolute atomic E-state index is 13.7. The first-order valence-electron chi connectivity index (χ1n) is 11.4. The van der Waals surface area contributed by atoms with Crippen LogP contribution in [0.5, 0.6) is 0 Å². The first-order valence-corrected chi connectivity index (χ1v) is 11.4. The van der Waals surface area contributed by atoms with Gasteiger partial charge in [0.1, 0.15) is 5.54 Å². The van der Waals surface area contributed by atoms with Crippen LogP contribution in [0, 0.1) is 5.92 Å². The third-order valence-electron chi connectivity index (χ3n) is 7.63. The van der Waals surface area contributed by atoms with E-state index in [1.807, 2.05) is 12.3 Å². The van der Waals surface area contributed by atoms with Gasteiger partial charge < -0.3 is 4.90 Å². The van der Waals surface area contributed by atoms with Gasteiger partial charge in [-0.1, -0.05) is 60.7 Å². The molecule has 4 heteroatoms.